The zero-order chi connectivity index (χ0) is 27.6. The first-order valence-corrected chi connectivity index (χ1v) is 13.3. The van der Waals surface area contributed by atoms with Crippen molar-refractivity contribution in [3.63, 3.8) is 0 Å². The molecule has 2 aliphatic heterocycles. The number of aliphatic hydroxyl groups excluding tert-OH is 4. The number of hydrogen-bond acceptors (Lipinski definition) is 10. The first-order chi connectivity index (χ1) is 18.1. The van der Waals surface area contributed by atoms with Gasteiger partial charge in [0.05, 0.1) is 24.7 Å². The van der Waals surface area contributed by atoms with Crippen LogP contribution in [0.25, 0.3) is 11.3 Å². The van der Waals surface area contributed by atoms with E-state index in [4.69, 9.17) is 9.47 Å². The molecule has 1 aromatic carbocycles. The van der Waals surface area contributed by atoms with Crippen molar-refractivity contribution in [2.75, 3.05) is 26.8 Å². The smallest absolute Gasteiger partial charge is 0.235 e. The highest BCUT2D eigenvalue weighted by Crippen LogP contribution is 2.41. The third-order valence-electron chi connectivity index (χ3n) is 6.93. The van der Waals surface area contributed by atoms with Crippen LogP contribution < -0.4 is 0 Å². The first-order valence-electron chi connectivity index (χ1n) is 12.3. The predicted molar refractivity (Wildman–Crippen MR) is 132 cm³/mol. The number of hydrogen-bond donors (Lipinski definition) is 4. The number of amides is 1. The Kier molecular flexibility index (Phi) is 9.34. The molecule has 2 fully saturated rings. The van der Waals surface area contributed by atoms with Crippen molar-refractivity contribution >= 4 is 17.7 Å². The summed E-state index contributed by atoms with van der Waals surface area (Å²) in [5, 5.41) is 49.3. The summed E-state index contributed by atoms with van der Waals surface area (Å²) in [5.74, 6) is -2.10. The Morgan fingerprint density at radius 3 is 2.58 bits per heavy atom. The fourth-order valence-corrected chi connectivity index (χ4v) is 6.30. The van der Waals surface area contributed by atoms with E-state index in [-0.39, 0.29) is 36.1 Å². The number of benzene rings is 1. The summed E-state index contributed by atoms with van der Waals surface area (Å²) in [5.41, 5.74) is -0.854. The average molecular weight is 559 g/mol. The number of aromatic nitrogens is 3. The Labute approximate surface area is 222 Å². The van der Waals surface area contributed by atoms with Gasteiger partial charge in [-0.15, -0.1) is 16.9 Å². The van der Waals surface area contributed by atoms with Gasteiger partial charge in [-0.2, -0.15) is 0 Å². The highest BCUT2D eigenvalue weighted by molar-refractivity contribution is 8.01. The Bertz CT molecular complexity index is 1090. The van der Waals surface area contributed by atoms with Crippen LogP contribution in [-0.2, 0) is 14.3 Å². The Hall–Kier alpha value is -2.20. The van der Waals surface area contributed by atoms with Gasteiger partial charge >= 0.3 is 0 Å². The molecule has 0 spiro atoms. The molecule has 1 amide bonds. The molecule has 0 radical (unpaired) electrons. The molecule has 11 nitrogen and oxygen atoms in total. The van der Waals surface area contributed by atoms with Gasteiger partial charge in [0.25, 0.3) is 0 Å². The van der Waals surface area contributed by atoms with Gasteiger partial charge < -0.3 is 34.8 Å². The van der Waals surface area contributed by atoms with E-state index in [1.807, 2.05) is 6.92 Å². The maximum Gasteiger partial charge on any atom is 0.235 e. The van der Waals surface area contributed by atoms with Crippen LogP contribution in [-0.4, -0.2) is 108 Å². The molecule has 38 heavy (non-hydrogen) atoms. The molecular formula is C24H32F2N4O7S. The Morgan fingerprint density at radius 2 is 1.95 bits per heavy atom. The lowest BCUT2D eigenvalue weighted by Gasteiger charge is -2.43. The zero-order valence-electron chi connectivity index (χ0n) is 20.9. The van der Waals surface area contributed by atoms with Crippen LogP contribution in [0.1, 0.15) is 25.8 Å². The van der Waals surface area contributed by atoms with Gasteiger partial charge in [-0.3, -0.25) is 4.79 Å². The van der Waals surface area contributed by atoms with Crippen LogP contribution in [0.15, 0.2) is 24.4 Å². The molecule has 2 aromatic rings. The Morgan fingerprint density at radius 1 is 1.24 bits per heavy atom. The van der Waals surface area contributed by atoms with Gasteiger partial charge in [-0.1, -0.05) is 5.21 Å². The largest absolute Gasteiger partial charge is 0.394 e. The number of carbonyl (C=O) groups is 1. The van der Waals surface area contributed by atoms with Crippen molar-refractivity contribution in [3.05, 3.63) is 36.0 Å². The van der Waals surface area contributed by atoms with Crippen LogP contribution >= 0.6 is 11.8 Å². The summed E-state index contributed by atoms with van der Waals surface area (Å²) >= 11 is 1.05. The second-order valence-corrected chi connectivity index (χ2v) is 10.7. The van der Waals surface area contributed by atoms with E-state index in [9.17, 15) is 34.0 Å². The molecule has 0 aliphatic carbocycles. The van der Waals surface area contributed by atoms with Crippen molar-refractivity contribution < 1.29 is 43.5 Å². The minimum Gasteiger partial charge on any atom is -0.394 e. The maximum absolute atomic E-state index is 13.7. The van der Waals surface area contributed by atoms with Crippen LogP contribution in [0.3, 0.4) is 0 Å². The molecule has 4 N–H and O–H groups in total. The topological polar surface area (TPSA) is 150 Å². The second kappa shape index (κ2) is 12.3. The number of halogens is 2. The van der Waals surface area contributed by atoms with E-state index in [0.717, 1.165) is 30.0 Å². The molecule has 2 aliphatic rings. The molecule has 0 bridgehead atoms. The second-order valence-electron chi connectivity index (χ2n) is 9.46. The molecule has 14 heteroatoms. The number of ether oxygens (including phenoxy) is 2. The number of nitrogens with zero attached hydrogens (tertiary/aromatic N) is 4. The summed E-state index contributed by atoms with van der Waals surface area (Å²) in [4.78, 5) is 14.8. The summed E-state index contributed by atoms with van der Waals surface area (Å²) in [6, 6.07) is 1.72. The van der Waals surface area contributed by atoms with E-state index in [1.165, 1.54) is 15.8 Å². The summed E-state index contributed by atoms with van der Waals surface area (Å²) in [6.07, 6.45) is -2.92. The molecule has 3 heterocycles. The van der Waals surface area contributed by atoms with Crippen LogP contribution in [0.4, 0.5) is 8.78 Å². The SMILES string of the molecule is CCN(C)C(=O)C(S[C@@H]1O[C@H](CO)[C@H](O)[C@H](n2cc(-c3cc(F)cc(F)c3)nn2)[C@H]1O)C1CCOC(O)C1. The zero-order valence-corrected chi connectivity index (χ0v) is 21.7. The standard InChI is InChI=1S/C24H32F2N4O7S/c1-3-29(2)23(35)22(12-4-5-36-18(32)8-12)38-24-21(34)19(20(33)17(11-31)37-24)30-10-16(27-28-30)13-6-14(25)9-15(26)7-13/h6-7,9-10,12,17-22,24,31-34H,3-5,8,11H2,1-2H3/t12?,17-,18?,19+,20+,21-,22?,24+/m1/s1. The fourth-order valence-electron chi connectivity index (χ4n) is 4.71. The summed E-state index contributed by atoms with van der Waals surface area (Å²) in [7, 11) is 1.65. The molecule has 3 unspecified atom stereocenters. The van der Waals surface area contributed by atoms with Crippen molar-refractivity contribution in [3.8, 4) is 11.3 Å². The fraction of sp³-hybridized carbons (Fsp3) is 0.625. The van der Waals surface area contributed by atoms with Crippen molar-refractivity contribution in [2.45, 2.75) is 61.1 Å². The molecule has 2 saturated heterocycles. The molecule has 210 valence electrons. The Balaban J connectivity index is 1.62. The first kappa shape index (κ1) is 28.8. The van der Waals surface area contributed by atoms with E-state index in [0.29, 0.717) is 13.0 Å². The average Bonchev–Trinajstić information content (AvgIpc) is 3.37. The van der Waals surface area contributed by atoms with E-state index in [1.54, 1.807) is 7.05 Å². The van der Waals surface area contributed by atoms with Gasteiger partial charge in [-0.25, -0.2) is 13.5 Å². The molecular weight excluding hydrogens is 526 g/mol. The lowest BCUT2D eigenvalue weighted by atomic mass is 9.94. The lowest BCUT2D eigenvalue weighted by Crippen LogP contribution is -2.56. The van der Waals surface area contributed by atoms with E-state index < -0.39 is 59.6 Å². The van der Waals surface area contributed by atoms with E-state index in [2.05, 4.69) is 10.3 Å². The molecule has 8 atom stereocenters. The maximum atomic E-state index is 13.7. The number of rotatable bonds is 8. The van der Waals surface area contributed by atoms with Gasteiger partial charge in [0.15, 0.2) is 6.29 Å². The normalized spacial score (nSPS) is 30.7. The van der Waals surface area contributed by atoms with Crippen molar-refractivity contribution in [1.82, 2.24) is 19.9 Å². The van der Waals surface area contributed by atoms with E-state index >= 15 is 0 Å². The van der Waals surface area contributed by atoms with Crippen molar-refractivity contribution in [1.29, 1.82) is 0 Å². The molecule has 4 rings (SSSR count). The minimum atomic E-state index is -1.41. The van der Waals surface area contributed by atoms with Crippen molar-refractivity contribution in [2.24, 2.45) is 5.92 Å². The monoisotopic (exact) mass is 558 g/mol. The highest BCUT2D eigenvalue weighted by Gasteiger charge is 2.48. The third kappa shape index (κ3) is 6.17. The summed E-state index contributed by atoms with van der Waals surface area (Å²) in [6.45, 7) is 1.95. The number of aliphatic hydroxyl groups is 4. The van der Waals surface area contributed by atoms with Gasteiger partial charge in [0.2, 0.25) is 5.91 Å². The van der Waals surface area contributed by atoms with Crippen LogP contribution in [0.5, 0.6) is 0 Å². The van der Waals surface area contributed by atoms with Gasteiger partial charge in [-0.05, 0) is 31.4 Å². The van der Waals surface area contributed by atoms with Crippen LogP contribution in [0.2, 0.25) is 0 Å². The number of carbonyl (C=O) groups excluding carboxylic acids is 1. The molecule has 0 saturated carbocycles. The highest BCUT2D eigenvalue weighted by atomic mass is 32.2. The quantitative estimate of drug-likeness (QED) is 0.361. The van der Waals surface area contributed by atoms with Crippen LogP contribution in [0, 0.1) is 17.6 Å². The van der Waals surface area contributed by atoms with Gasteiger partial charge in [0.1, 0.15) is 47.1 Å². The van der Waals surface area contributed by atoms with Gasteiger partial charge in [0, 0.05) is 31.6 Å². The predicted octanol–water partition coefficient (Wildman–Crippen LogP) is 0.528. The lowest BCUT2D eigenvalue weighted by molar-refractivity contribution is -0.179. The third-order valence-corrected chi connectivity index (χ3v) is 8.47. The minimum absolute atomic E-state index is 0.105. The summed E-state index contributed by atoms with van der Waals surface area (Å²) < 4.78 is 39.7. The number of thioether (sulfide) groups is 1. The molecule has 1 aromatic heterocycles.